The zero-order chi connectivity index (χ0) is 16.8. The van der Waals surface area contributed by atoms with E-state index in [1.807, 2.05) is 4.52 Å². The van der Waals surface area contributed by atoms with E-state index in [4.69, 9.17) is 5.10 Å². The van der Waals surface area contributed by atoms with Crippen LogP contribution in [0.1, 0.15) is 24.6 Å². The van der Waals surface area contributed by atoms with E-state index in [1.54, 1.807) is 11.3 Å². The molecular formula is C19H19N5S. The summed E-state index contributed by atoms with van der Waals surface area (Å²) in [5.74, 6) is 1.42. The molecule has 5 nitrogen and oxygen atoms in total. The van der Waals surface area contributed by atoms with Crippen LogP contribution in [0.4, 0.5) is 0 Å². The van der Waals surface area contributed by atoms with Crippen LogP contribution < -0.4 is 0 Å². The van der Waals surface area contributed by atoms with E-state index in [0.29, 0.717) is 5.92 Å². The molecule has 25 heavy (non-hydrogen) atoms. The Labute approximate surface area is 149 Å². The van der Waals surface area contributed by atoms with E-state index >= 15 is 0 Å². The minimum Gasteiger partial charge on any atom is -0.306 e. The molecule has 1 saturated heterocycles. The Hall–Kier alpha value is -2.31. The second-order valence-corrected chi connectivity index (χ2v) is 7.74. The molecule has 1 unspecified atom stereocenters. The second kappa shape index (κ2) is 5.89. The fourth-order valence-electron chi connectivity index (χ4n) is 3.78. The number of nitrogens with zero attached hydrogens (tertiary/aromatic N) is 5. The molecule has 0 saturated carbocycles. The van der Waals surface area contributed by atoms with Gasteiger partial charge in [0.2, 0.25) is 4.96 Å². The van der Waals surface area contributed by atoms with Gasteiger partial charge >= 0.3 is 0 Å². The molecule has 0 N–H and O–H groups in total. The Kier molecular flexibility index (Phi) is 3.53. The van der Waals surface area contributed by atoms with Crippen LogP contribution in [0.2, 0.25) is 0 Å². The Morgan fingerprint density at radius 3 is 2.88 bits per heavy atom. The normalized spacial score (nSPS) is 19.0. The SMILES string of the molecule is CN1CCCC(c2nnc3sc(-c4cccc5ccccc45)nn23)C1. The number of fused-ring (bicyclic) bond motifs is 2. The third-order valence-corrected chi connectivity index (χ3v) is 5.96. The molecule has 4 aromatic rings. The van der Waals surface area contributed by atoms with E-state index < -0.39 is 0 Å². The predicted molar refractivity (Wildman–Crippen MR) is 101 cm³/mol. The van der Waals surface area contributed by atoms with Crippen molar-refractivity contribution in [2.75, 3.05) is 20.1 Å². The van der Waals surface area contributed by atoms with E-state index in [0.717, 1.165) is 35.3 Å². The van der Waals surface area contributed by atoms with Gasteiger partial charge < -0.3 is 4.90 Å². The van der Waals surface area contributed by atoms with Gasteiger partial charge in [-0.3, -0.25) is 0 Å². The first-order valence-electron chi connectivity index (χ1n) is 8.68. The highest BCUT2D eigenvalue weighted by Crippen LogP contribution is 2.33. The number of benzene rings is 2. The van der Waals surface area contributed by atoms with Crippen molar-refractivity contribution in [2.24, 2.45) is 0 Å². The lowest BCUT2D eigenvalue weighted by Crippen LogP contribution is -2.31. The molecule has 1 fully saturated rings. The van der Waals surface area contributed by atoms with Crippen LogP contribution in [0.5, 0.6) is 0 Å². The Morgan fingerprint density at radius 2 is 1.96 bits per heavy atom. The van der Waals surface area contributed by atoms with Crippen LogP contribution in [0, 0.1) is 0 Å². The minimum absolute atomic E-state index is 0.413. The predicted octanol–water partition coefficient (Wildman–Crippen LogP) is 3.82. The van der Waals surface area contributed by atoms with Gasteiger partial charge in [-0.25, -0.2) is 0 Å². The highest BCUT2D eigenvalue weighted by molar-refractivity contribution is 7.19. The largest absolute Gasteiger partial charge is 0.306 e. The Balaban J connectivity index is 1.61. The summed E-state index contributed by atoms with van der Waals surface area (Å²) in [6, 6.07) is 14.8. The quantitative estimate of drug-likeness (QED) is 0.552. The highest BCUT2D eigenvalue weighted by Gasteiger charge is 2.25. The maximum absolute atomic E-state index is 4.88. The number of piperidine rings is 1. The van der Waals surface area contributed by atoms with E-state index in [-0.39, 0.29) is 0 Å². The van der Waals surface area contributed by atoms with E-state index in [9.17, 15) is 0 Å². The fraction of sp³-hybridized carbons (Fsp3) is 0.316. The van der Waals surface area contributed by atoms with Crippen LogP contribution in [-0.2, 0) is 0 Å². The minimum atomic E-state index is 0.413. The second-order valence-electron chi connectivity index (χ2n) is 6.79. The molecule has 0 bridgehead atoms. The summed E-state index contributed by atoms with van der Waals surface area (Å²) in [5, 5.41) is 17.2. The van der Waals surface area contributed by atoms with Crippen LogP contribution in [0.3, 0.4) is 0 Å². The van der Waals surface area contributed by atoms with Crippen molar-refractivity contribution in [1.82, 2.24) is 24.7 Å². The molecule has 0 spiro atoms. The summed E-state index contributed by atoms with van der Waals surface area (Å²) < 4.78 is 1.96. The summed E-state index contributed by atoms with van der Waals surface area (Å²) in [7, 11) is 2.17. The van der Waals surface area contributed by atoms with Crippen LogP contribution in [0.15, 0.2) is 42.5 Å². The Morgan fingerprint density at radius 1 is 1.08 bits per heavy atom. The van der Waals surface area contributed by atoms with Crippen molar-refractivity contribution in [3.63, 3.8) is 0 Å². The van der Waals surface area contributed by atoms with Crippen molar-refractivity contribution in [1.29, 1.82) is 0 Å². The molecule has 1 atom stereocenters. The van der Waals surface area contributed by atoms with Crippen LogP contribution >= 0.6 is 11.3 Å². The van der Waals surface area contributed by atoms with Crippen molar-refractivity contribution < 1.29 is 0 Å². The number of likely N-dealkylation sites (N-methyl/N-ethyl adjacent to an activating group) is 1. The lowest BCUT2D eigenvalue weighted by atomic mass is 9.98. The first-order valence-corrected chi connectivity index (χ1v) is 9.50. The summed E-state index contributed by atoms with van der Waals surface area (Å²) in [6.07, 6.45) is 2.36. The zero-order valence-electron chi connectivity index (χ0n) is 14.1. The summed E-state index contributed by atoms with van der Waals surface area (Å²) in [5.41, 5.74) is 1.17. The summed E-state index contributed by atoms with van der Waals surface area (Å²) in [4.78, 5) is 3.25. The standard InChI is InChI=1S/C19H19N5S/c1-23-11-5-8-14(12-23)17-20-21-19-24(17)22-18(25-19)16-10-4-7-13-6-2-3-9-15(13)16/h2-4,6-7,9-10,14H,5,8,11-12H2,1H3. The monoisotopic (exact) mass is 349 g/mol. The number of rotatable bonds is 2. The van der Waals surface area contributed by atoms with E-state index in [2.05, 4.69) is 64.6 Å². The Bertz CT molecular complexity index is 1050. The molecule has 6 heteroatoms. The molecule has 5 rings (SSSR count). The van der Waals surface area contributed by atoms with Gasteiger partial charge in [0.05, 0.1) is 0 Å². The molecular weight excluding hydrogens is 330 g/mol. The van der Waals surface area contributed by atoms with Crippen LogP contribution in [-0.4, -0.2) is 44.8 Å². The number of hydrogen-bond donors (Lipinski definition) is 0. The topological polar surface area (TPSA) is 46.3 Å². The van der Waals surface area contributed by atoms with Crippen molar-refractivity contribution in [2.45, 2.75) is 18.8 Å². The lowest BCUT2D eigenvalue weighted by molar-refractivity contribution is 0.244. The highest BCUT2D eigenvalue weighted by atomic mass is 32.1. The number of hydrogen-bond acceptors (Lipinski definition) is 5. The smallest absolute Gasteiger partial charge is 0.234 e. The molecule has 3 heterocycles. The summed E-state index contributed by atoms with van der Waals surface area (Å²) in [6.45, 7) is 2.19. The maximum atomic E-state index is 4.88. The van der Waals surface area contributed by atoms with Crippen LogP contribution in [0.25, 0.3) is 26.3 Å². The molecule has 0 radical (unpaired) electrons. The third-order valence-electron chi connectivity index (χ3n) is 5.02. The first kappa shape index (κ1) is 15.0. The van der Waals surface area contributed by atoms with Gasteiger partial charge in [0, 0.05) is 18.0 Å². The molecule has 1 aliphatic heterocycles. The van der Waals surface area contributed by atoms with E-state index in [1.165, 1.54) is 22.8 Å². The average Bonchev–Trinajstić information content (AvgIpc) is 3.21. The fourth-order valence-corrected chi connectivity index (χ4v) is 4.67. The first-order chi connectivity index (χ1) is 12.3. The number of aromatic nitrogens is 4. The molecule has 2 aromatic heterocycles. The zero-order valence-corrected chi connectivity index (χ0v) is 14.9. The third kappa shape index (κ3) is 2.53. The van der Waals surface area contributed by atoms with Crippen molar-refractivity contribution >= 4 is 27.1 Å². The molecule has 0 aliphatic carbocycles. The van der Waals surface area contributed by atoms with Gasteiger partial charge in [0.1, 0.15) is 5.01 Å². The number of likely N-dealkylation sites (tertiary alicyclic amines) is 1. The molecule has 0 amide bonds. The summed E-state index contributed by atoms with van der Waals surface area (Å²) >= 11 is 1.62. The average molecular weight is 349 g/mol. The maximum Gasteiger partial charge on any atom is 0.234 e. The van der Waals surface area contributed by atoms with Gasteiger partial charge in [0.15, 0.2) is 5.82 Å². The van der Waals surface area contributed by atoms with Gasteiger partial charge in [-0.15, -0.1) is 10.2 Å². The van der Waals surface area contributed by atoms with Crippen molar-refractivity contribution in [3.8, 4) is 10.6 Å². The van der Waals surface area contributed by atoms with Gasteiger partial charge in [0.25, 0.3) is 0 Å². The van der Waals surface area contributed by atoms with Crippen molar-refractivity contribution in [3.05, 3.63) is 48.3 Å². The molecule has 2 aromatic carbocycles. The van der Waals surface area contributed by atoms with Gasteiger partial charge in [-0.05, 0) is 37.2 Å². The lowest BCUT2D eigenvalue weighted by Gasteiger charge is -2.28. The van der Waals surface area contributed by atoms with Gasteiger partial charge in [-0.1, -0.05) is 53.8 Å². The molecule has 1 aliphatic rings. The van der Waals surface area contributed by atoms with Gasteiger partial charge in [-0.2, -0.15) is 9.61 Å². The molecule has 126 valence electrons.